The number of ether oxygens (including phenoxy) is 2. The number of unbranched alkanes of at least 4 members (excludes halogenated alkanes) is 1. The fourth-order valence-corrected chi connectivity index (χ4v) is 6.71. The maximum absolute atomic E-state index is 12.3. The van der Waals surface area contributed by atoms with Gasteiger partial charge in [0.25, 0.3) is 0 Å². The fraction of sp³-hybridized carbons (Fsp3) is 0.382. The molecular formula is C34H40N4O3S. The first-order chi connectivity index (χ1) is 20.7. The smallest absolute Gasteiger partial charge is 0.409 e. The van der Waals surface area contributed by atoms with Crippen LogP contribution in [0.25, 0.3) is 10.1 Å². The van der Waals surface area contributed by atoms with Crippen LogP contribution in [0.4, 0.5) is 16.2 Å². The van der Waals surface area contributed by atoms with Gasteiger partial charge in [-0.1, -0.05) is 42.5 Å². The molecule has 1 fully saturated rings. The molecule has 0 atom stereocenters. The molecule has 2 aliphatic rings. The Morgan fingerprint density at radius 3 is 2.64 bits per heavy atom. The third-order valence-electron chi connectivity index (χ3n) is 8.23. The van der Waals surface area contributed by atoms with Crippen LogP contribution in [0, 0.1) is 0 Å². The SMILES string of the molecule is O=C(NCc1ccccc1)OCN1CCCc2ccc(OCCCCN3CCN(c4cccc5sccc45)CC3)cc21. The molecule has 0 radical (unpaired) electrons. The minimum atomic E-state index is -0.403. The zero-order valence-corrected chi connectivity index (χ0v) is 25.0. The normalized spacial score (nSPS) is 15.4. The highest BCUT2D eigenvalue weighted by atomic mass is 32.1. The Labute approximate surface area is 252 Å². The van der Waals surface area contributed by atoms with E-state index in [-0.39, 0.29) is 6.73 Å². The summed E-state index contributed by atoms with van der Waals surface area (Å²) in [6, 6.07) is 25.1. The van der Waals surface area contributed by atoms with Crippen LogP contribution in [0.2, 0.25) is 0 Å². The van der Waals surface area contributed by atoms with E-state index in [4.69, 9.17) is 9.47 Å². The van der Waals surface area contributed by atoms with E-state index < -0.39 is 6.09 Å². The number of alkyl carbamates (subject to hydrolysis) is 1. The van der Waals surface area contributed by atoms with E-state index in [1.54, 1.807) is 0 Å². The van der Waals surface area contributed by atoms with Crippen molar-refractivity contribution in [3.8, 4) is 5.75 Å². The molecule has 1 N–H and O–H groups in total. The Hall–Kier alpha value is -3.75. The Kier molecular flexibility index (Phi) is 9.42. The van der Waals surface area contributed by atoms with Crippen molar-refractivity contribution in [2.75, 3.05) is 62.4 Å². The summed E-state index contributed by atoms with van der Waals surface area (Å²) in [5, 5.41) is 6.41. The van der Waals surface area contributed by atoms with Crippen LogP contribution in [0.5, 0.6) is 5.75 Å². The highest BCUT2D eigenvalue weighted by molar-refractivity contribution is 7.17. The molecule has 0 saturated carbocycles. The molecule has 3 heterocycles. The molecule has 7 nitrogen and oxygen atoms in total. The summed E-state index contributed by atoms with van der Waals surface area (Å²) in [6.07, 6.45) is 3.82. The number of fused-ring (bicyclic) bond motifs is 2. The molecule has 3 aromatic carbocycles. The number of carbonyl (C=O) groups is 1. The first-order valence-electron chi connectivity index (χ1n) is 15.1. The molecule has 4 aromatic rings. The predicted molar refractivity (Wildman–Crippen MR) is 172 cm³/mol. The van der Waals surface area contributed by atoms with Crippen molar-refractivity contribution in [2.45, 2.75) is 32.2 Å². The van der Waals surface area contributed by atoms with Crippen molar-refractivity contribution in [2.24, 2.45) is 0 Å². The fourth-order valence-electron chi connectivity index (χ4n) is 5.91. The lowest BCUT2D eigenvalue weighted by Gasteiger charge is -2.36. The minimum absolute atomic E-state index is 0.229. The molecule has 1 aromatic heterocycles. The second-order valence-electron chi connectivity index (χ2n) is 11.1. The Balaban J connectivity index is 0.909. The molecule has 42 heavy (non-hydrogen) atoms. The van der Waals surface area contributed by atoms with Gasteiger partial charge in [0.05, 0.1) is 6.61 Å². The number of hydrogen-bond donors (Lipinski definition) is 1. The van der Waals surface area contributed by atoms with E-state index in [9.17, 15) is 4.79 Å². The monoisotopic (exact) mass is 584 g/mol. The summed E-state index contributed by atoms with van der Waals surface area (Å²) in [5.41, 5.74) is 4.80. The number of thiophene rings is 1. The van der Waals surface area contributed by atoms with E-state index in [1.165, 1.54) is 21.3 Å². The molecule has 0 unspecified atom stereocenters. The molecule has 1 saturated heterocycles. The van der Waals surface area contributed by atoms with Crippen LogP contribution in [0.3, 0.4) is 0 Å². The number of hydrogen-bond acceptors (Lipinski definition) is 7. The highest BCUT2D eigenvalue weighted by Gasteiger charge is 2.20. The van der Waals surface area contributed by atoms with Gasteiger partial charge in [0.15, 0.2) is 6.73 Å². The van der Waals surface area contributed by atoms with Gasteiger partial charge in [-0.25, -0.2) is 4.79 Å². The van der Waals surface area contributed by atoms with Gasteiger partial charge in [-0.3, -0.25) is 4.90 Å². The average Bonchev–Trinajstić information content (AvgIpc) is 3.53. The number of aryl methyl sites for hydroxylation is 1. The first kappa shape index (κ1) is 28.4. The zero-order valence-electron chi connectivity index (χ0n) is 24.2. The topological polar surface area (TPSA) is 57.3 Å². The van der Waals surface area contributed by atoms with Crippen LogP contribution in [0.1, 0.15) is 30.4 Å². The quantitative estimate of drug-likeness (QED) is 0.203. The van der Waals surface area contributed by atoms with E-state index in [1.807, 2.05) is 41.7 Å². The number of nitrogens with zero attached hydrogens (tertiary/aromatic N) is 3. The number of anilines is 2. The van der Waals surface area contributed by atoms with Crippen molar-refractivity contribution in [3.63, 3.8) is 0 Å². The van der Waals surface area contributed by atoms with Gasteiger partial charge in [0.1, 0.15) is 5.75 Å². The molecular weight excluding hydrogens is 544 g/mol. The maximum Gasteiger partial charge on any atom is 0.409 e. The van der Waals surface area contributed by atoms with E-state index in [0.29, 0.717) is 13.2 Å². The second-order valence-corrected chi connectivity index (χ2v) is 12.0. The number of piperazine rings is 1. The Morgan fingerprint density at radius 1 is 0.881 bits per heavy atom. The average molecular weight is 585 g/mol. The summed E-state index contributed by atoms with van der Waals surface area (Å²) >= 11 is 1.82. The van der Waals surface area contributed by atoms with E-state index >= 15 is 0 Å². The molecule has 0 aliphatic carbocycles. The van der Waals surface area contributed by atoms with Crippen molar-refractivity contribution in [1.29, 1.82) is 0 Å². The van der Waals surface area contributed by atoms with Crippen LogP contribution in [0.15, 0.2) is 78.2 Å². The predicted octanol–water partition coefficient (Wildman–Crippen LogP) is 6.52. The van der Waals surface area contributed by atoms with Crippen molar-refractivity contribution >= 4 is 38.9 Å². The molecule has 8 heteroatoms. The molecule has 0 bridgehead atoms. The lowest BCUT2D eigenvalue weighted by Crippen LogP contribution is -2.46. The van der Waals surface area contributed by atoms with Crippen LogP contribution >= 0.6 is 11.3 Å². The molecule has 6 rings (SSSR count). The zero-order chi connectivity index (χ0) is 28.6. The number of amides is 1. The minimum Gasteiger partial charge on any atom is -0.494 e. The van der Waals surface area contributed by atoms with Crippen LogP contribution < -0.4 is 19.9 Å². The van der Waals surface area contributed by atoms with Gasteiger partial charge in [0.2, 0.25) is 0 Å². The molecule has 220 valence electrons. The van der Waals surface area contributed by atoms with E-state index in [2.05, 4.69) is 67.9 Å². The Bertz CT molecular complexity index is 1450. The Morgan fingerprint density at radius 2 is 1.76 bits per heavy atom. The number of rotatable bonds is 11. The van der Waals surface area contributed by atoms with E-state index in [0.717, 1.165) is 82.0 Å². The third kappa shape index (κ3) is 7.17. The van der Waals surface area contributed by atoms with Crippen molar-refractivity contribution in [1.82, 2.24) is 10.2 Å². The van der Waals surface area contributed by atoms with Gasteiger partial charge in [-0.15, -0.1) is 11.3 Å². The van der Waals surface area contributed by atoms with Gasteiger partial charge >= 0.3 is 6.09 Å². The number of nitrogens with one attached hydrogen (secondary N) is 1. The molecule has 2 aliphatic heterocycles. The second kappa shape index (κ2) is 13.9. The van der Waals surface area contributed by atoms with Crippen LogP contribution in [-0.4, -0.2) is 63.6 Å². The first-order valence-corrected chi connectivity index (χ1v) is 16.0. The number of carbonyl (C=O) groups excluding carboxylic acids is 1. The van der Waals surface area contributed by atoms with Gasteiger partial charge < -0.3 is 24.6 Å². The summed E-state index contributed by atoms with van der Waals surface area (Å²) < 4.78 is 13.1. The summed E-state index contributed by atoms with van der Waals surface area (Å²) in [6.45, 7) is 7.73. The largest absolute Gasteiger partial charge is 0.494 e. The van der Waals surface area contributed by atoms with Crippen molar-refractivity contribution in [3.05, 3.63) is 89.3 Å². The summed E-state index contributed by atoms with van der Waals surface area (Å²) in [5.74, 6) is 0.880. The molecule has 0 spiro atoms. The van der Waals surface area contributed by atoms with Gasteiger partial charge in [-0.05, 0) is 73.0 Å². The van der Waals surface area contributed by atoms with Crippen molar-refractivity contribution < 1.29 is 14.3 Å². The summed E-state index contributed by atoms with van der Waals surface area (Å²) in [4.78, 5) is 19.5. The summed E-state index contributed by atoms with van der Waals surface area (Å²) in [7, 11) is 0. The van der Waals surface area contributed by atoms with Gasteiger partial charge in [0, 0.05) is 66.8 Å². The lowest BCUT2D eigenvalue weighted by molar-refractivity contribution is 0.145. The number of benzene rings is 3. The lowest BCUT2D eigenvalue weighted by atomic mass is 10.0. The molecule has 1 amide bonds. The van der Waals surface area contributed by atoms with Gasteiger partial charge in [-0.2, -0.15) is 0 Å². The maximum atomic E-state index is 12.3. The standard InChI is InChI=1S/C34H40N4O3S/c39-34(35-25-27-8-2-1-3-9-27)41-26-38-17-7-10-28-13-14-29(24-32(28)38)40-22-5-4-16-36-18-20-37(21-19-36)31-11-6-12-33-30(31)15-23-42-33/h1-3,6,8-9,11-15,23-24H,4-5,7,10,16-22,25-26H2,(H,35,39). The highest BCUT2D eigenvalue weighted by Crippen LogP contribution is 2.32. The van der Waals surface area contributed by atoms with Crippen LogP contribution in [-0.2, 0) is 17.7 Å². The third-order valence-corrected chi connectivity index (χ3v) is 9.11.